The van der Waals surface area contributed by atoms with Crippen LogP contribution in [0.1, 0.15) is 32.4 Å². The number of nitrogens with one attached hydrogen (secondary N) is 1. The van der Waals surface area contributed by atoms with E-state index in [4.69, 9.17) is 11.6 Å². The maximum Gasteiger partial charge on any atom is 0.0409 e. The maximum atomic E-state index is 6.00. The summed E-state index contributed by atoms with van der Waals surface area (Å²) in [7, 11) is 2.00. The molecule has 1 aromatic rings. The van der Waals surface area contributed by atoms with E-state index in [-0.39, 0.29) is 0 Å². The van der Waals surface area contributed by atoms with Crippen molar-refractivity contribution in [1.82, 2.24) is 5.32 Å². The highest BCUT2D eigenvalue weighted by Crippen LogP contribution is 2.28. The Labute approximate surface area is 97.8 Å². The Hall–Kier alpha value is -0.530. The lowest BCUT2D eigenvalue weighted by Gasteiger charge is -2.27. The maximum absolute atomic E-state index is 6.00. The van der Waals surface area contributed by atoms with E-state index in [1.54, 1.807) is 0 Å². The van der Waals surface area contributed by atoms with Crippen LogP contribution in [0.3, 0.4) is 0 Å². The van der Waals surface area contributed by atoms with Crippen LogP contribution in [-0.4, -0.2) is 7.05 Å². The highest BCUT2D eigenvalue weighted by molar-refractivity contribution is 6.30. The second kappa shape index (κ2) is 5.53. The summed E-state index contributed by atoms with van der Waals surface area (Å²) in [5, 5.41) is 4.18. The lowest BCUT2D eigenvalue weighted by atomic mass is 9.86. The second-order valence-corrected chi connectivity index (χ2v) is 4.86. The Bertz CT molecular complexity index is 309. The van der Waals surface area contributed by atoms with E-state index in [2.05, 4.69) is 32.2 Å². The summed E-state index contributed by atoms with van der Waals surface area (Å²) < 4.78 is 0. The molecular weight excluding hydrogens is 206 g/mol. The number of halogens is 1. The van der Waals surface area contributed by atoms with Gasteiger partial charge in [-0.05, 0) is 36.6 Å². The van der Waals surface area contributed by atoms with Gasteiger partial charge in [-0.25, -0.2) is 0 Å². The summed E-state index contributed by atoms with van der Waals surface area (Å²) in [6.45, 7) is 6.77. The first-order valence-electron chi connectivity index (χ1n) is 5.49. The van der Waals surface area contributed by atoms with Crippen molar-refractivity contribution in [2.24, 2.45) is 11.8 Å². The van der Waals surface area contributed by atoms with Crippen molar-refractivity contribution in [3.63, 3.8) is 0 Å². The third-order valence-corrected chi connectivity index (χ3v) is 3.33. The zero-order valence-corrected chi connectivity index (χ0v) is 10.7. The van der Waals surface area contributed by atoms with Crippen molar-refractivity contribution < 1.29 is 0 Å². The van der Waals surface area contributed by atoms with Crippen LogP contribution in [0.25, 0.3) is 0 Å². The summed E-state index contributed by atoms with van der Waals surface area (Å²) in [5.74, 6) is 1.25. The van der Waals surface area contributed by atoms with Gasteiger partial charge in [0.1, 0.15) is 0 Å². The third-order valence-electron chi connectivity index (χ3n) is 3.10. The quantitative estimate of drug-likeness (QED) is 0.820. The molecule has 0 heterocycles. The number of hydrogen-bond acceptors (Lipinski definition) is 1. The SMILES string of the molecule is CNC(c1cccc(Cl)c1)C(C)C(C)C. The molecule has 0 aliphatic rings. The van der Waals surface area contributed by atoms with Gasteiger partial charge in [0.05, 0.1) is 0 Å². The van der Waals surface area contributed by atoms with E-state index in [9.17, 15) is 0 Å². The van der Waals surface area contributed by atoms with Crippen LogP contribution in [0.5, 0.6) is 0 Å². The van der Waals surface area contributed by atoms with Crippen molar-refractivity contribution in [3.05, 3.63) is 34.9 Å². The number of hydrogen-bond donors (Lipinski definition) is 1. The van der Waals surface area contributed by atoms with Crippen LogP contribution in [0.15, 0.2) is 24.3 Å². The fourth-order valence-corrected chi connectivity index (χ4v) is 2.02. The first-order chi connectivity index (χ1) is 7.06. The second-order valence-electron chi connectivity index (χ2n) is 4.42. The largest absolute Gasteiger partial charge is 0.313 e. The molecule has 1 N–H and O–H groups in total. The van der Waals surface area contributed by atoms with Gasteiger partial charge in [-0.2, -0.15) is 0 Å². The van der Waals surface area contributed by atoms with Gasteiger partial charge < -0.3 is 5.32 Å². The Morgan fingerprint density at radius 2 is 1.87 bits per heavy atom. The van der Waals surface area contributed by atoms with Gasteiger partial charge >= 0.3 is 0 Å². The standard InChI is InChI=1S/C13H20ClN/c1-9(2)10(3)13(15-4)11-6-5-7-12(14)8-11/h5-10,13,15H,1-4H3. The molecule has 0 aliphatic carbocycles. The molecule has 0 fully saturated rings. The molecule has 0 saturated carbocycles. The van der Waals surface area contributed by atoms with E-state index >= 15 is 0 Å². The Balaban J connectivity index is 2.92. The number of rotatable bonds is 4. The van der Waals surface area contributed by atoms with Gasteiger partial charge in [-0.3, -0.25) is 0 Å². The Kier molecular flexibility index (Phi) is 4.62. The molecule has 0 spiro atoms. The fraction of sp³-hybridized carbons (Fsp3) is 0.538. The van der Waals surface area contributed by atoms with Crippen LogP contribution in [-0.2, 0) is 0 Å². The summed E-state index contributed by atoms with van der Waals surface area (Å²) >= 11 is 6.00. The molecule has 2 heteroatoms. The molecule has 0 aromatic heterocycles. The smallest absolute Gasteiger partial charge is 0.0409 e. The minimum atomic E-state index is 0.378. The van der Waals surface area contributed by atoms with Crippen LogP contribution < -0.4 is 5.32 Å². The lowest BCUT2D eigenvalue weighted by molar-refractivity contribution is 0.317. The molecular formula is C13H20ClN. The van der Waals surface area contributed by atoms with Crippen molar-refractivity contribution >= 4 is 11.6 Å². The van der Waals surface area contributed by atoms with E-state index in [0.717, 1.165) is 5.02 Å². The molecule has 1 nitrogen and oxygen atoms in total. The zero-order chi connectivity index (χ0) is 11.4. The third kappa shape index (κ3) is 3.22. The topological polar surface area (TPSA) is 12.0 Å². The van der Waals surface area contributed by atoms with Crippen molar-refractivity contribution in [2.75, 3.05) is 7.05 Å². The summed E-state index contributed by atoms with van der Waals surface area (Å²) in [6, 6.07) is 8.48. The molecule has 0 radical (unpaired) electrons. The highest BCUT2D eigenvalue weighted by atomic mass is 35.5. The zero-order valence-electron chi connectivity index (χ0n) is 9.92. The molecule has 0 bridgehead atoms. The van der Waals surface area contributed by atoms with Crippen molar-refractivity contribution in [3.8, 4) is 0 Å². The highest BCUT2D eigenvalue weighted by Gasteiger charge is 2.20. The van der Waals surface area contributed by atoms with Gasteiger partial charge in [0.2, 0.25) is 0 Å². The van der Waals surface area contributed by atoms with Crippen LogP contribution >= 0.6 is 11.6 Å². The molecule has 1 aromatic carbocycles. The van der Waals surface area contributed by atoms with Gasteiger partial charge in [0.25, 0.3) is 0 Å². The average Bonchev–Trinajstić information content (AvgIpc) is 2.18. The molecule has 84 valence electrons. The molecule has 0 aliphatic heterocycles. The molecule has 0 amide bonds. The minimum absolute atomic E-state index is 0.378. The molecule has 1 rings (SSSR count). The normalized spacial score (nSPS) is 15.3. The minimum Gasteiger partial charge on any atom is -0.313 e. The van der Waals surface area contributed by atoms with E-state index < -0.39 is 0 Å². The predicted octanol–water partition coefficient (Wildman–Crippen LogP) is 3.89. The van der Waals surface area contributed by atoms with Gasteiger partial charge in [0.15, 0.2) is 0 Å². The van der Waals surface area contributed by atoms with Crippen molar-refractivity contribution in [2.45, 2.75) is 26.8 Å². The van der Waals surface area contributed by atoms with Crippen LogP contribution in [0.2, 0.25) is 5.02 Å². The molecule has 0 saturated heterocycles. The van der Waals surface area contributed by atoms with Crippen LogP contribution in [0.4, 0.5) is 0 Å². The van der Waals surface area contributed by atoms with E-state index in [1.807, 2.05) is 25.2 Å². The van der Waals surface area contributed by atoms with E-state index in [0.29, 0.717) is 17.9 Å². The Morgan fingerprint density at radius 3 is 2.33 bits per heavy atom. The molecule has 15 heavy (non-hydrogen) atoms. The predicted molar refractivity (Wildman–Crippen MR) is 67.3 cm³/mol. The average molecular weight is 226 g/mol. The molecule has 2 atom stereocenters. The van der Waals surface area contributed by atoms with Crippen LogP contribution in [0, 0.1) is 11.8 Å². The summed E-state index contributed by atoms with van der Waals surface area (Å²) in [5.41, 5.74) is 1.27. The fourth-order valence-electron chi connectivity index (χ4n) is 1.82. The first-order valence-corrected chi connectivity index (χ1v) is 5.86. The van der Waals surface area contributed by atoms with E-state index in [1.165, 1.54) is 5.56 Å². The summed E-state index contributed by atoms with van der Waals surface area (Å²) in [6.07, 6.45) is 0. The molecule has 2 unspecified atom stereocenters. The first kappa shape index (κ1) is 12.5. The van der Waals surface area contributed by atoms with Gasteiger partial charge in [-0.15, -0.1) is 0 Å². The van der Waals surface area contributed by atoms with Gasteiger partial charge in [-0.1, -0.05) is 44.5 Å². The number of benzene rings is 1. The monoisotopic (exact) mass is 225 g/mol. The van der Waals surface area contributed by atoms with Crippen molar-refractivity contribution in [1.29, 1.82) is 0 Å². The lowest BCUT2D eigenvalue weighted by Crippen LogP contribution is -2.26. The summed E-state index contributed by atoms with van der Waals surface area (Å²) in [4.78, 5) is 0. The Morgan fingerprint density at radius 1 is 1.20 bits per heavy atom. The van der Waals surface area contributed by atoms with Gasteiger partial charge in [0, 0.05) is 11.1 Å².